The summed E-state index contributed by atoms with van der Waals surface area (Å²) in [4.78, 5) is 14.5. The van der Waals surface area contributed by atoms with Gasteiger partial charge in [0, 0.05) is 36.9 Å². The molecule has 2 aliphatic heterocycles. The van der Waals surface area contributed by atoms with Gasteiger partial charge in [0.05, 0.1) is 0 Å². The lowest BCUT2D eigenvalue weighted by Gasteiger charge is -2.19. The highest BCUT2D eigenvalue weighted by molar-refractivity contribution is 5.91. The van der Waals surface area contributed by atoms with E-state index >= 15 is 0 Å². The first-order valence-corrected chi connectivity index (χ1v) is 9.23. The van der Waals surface area contributed by atoms with Crippen LogP contribution in [0.5, 0.6) is 0 Å². The van der Waals surface area contributed by atoms with E-state index in [0.717, 1.165) is 38.2 Å². The van der Waals surface area contributed by atoms with Crippen LogP contribution < -0.4 is 15.5 Å². The van der Waals surface area contributed by atoms with E-state index in [4.69, 9.17) is 0 Å². The number of amides is 1. The molecule has 2 aromatic rings. The van der Waals surface area contributed by atoms with Gasteiger partial charge in [0.2, 0.25) is 5.91 Å². The van der Waals surface area contributed by atoms with Gasteiger partial charge in [0.25, 0.3) is 0 Å². The number of fused-ring (bicyclic) bond motifs is 1. The highest BCUT2D eigenvalue weighted by Gasteiger charge is 2.19. The lowest BCUT2D eigenvalue weighted by Crippen LogP contribution is -2.27. The number of nitrogens with one attached hydrogen (secondary N) is 2. The molecule has 2 aliphatic rings. The lowest BCUT2D eigenvalue weighted by molar-refractivity contribution is -0.116. The largest absolute Gasteiger partial charge is 0.367 e. The number of anilines is 2. The minimum absolute atomic E-state index is 0.0978. The monoisotopic (exact) mass is 335 g/mol. The lowest BCUT2D eigenvalue weighted by atomic mass is 10.1. The summed E-state index contributed by atoms with van der Waals surface area (Å²) < 4.78 is 0. The van der Waals surface area contributed by atoms with Gasteiger partial charge in [-0.2, -0.15) is 0 Å². The second kappa shape index (κ2) is 7.28. The molecule has 4 rings (SSSR count). The predicted octanol–water partition coefficient (Wildman–Crippen LogP) is 3.33. The van der Waals surface area contributed by atoms with E-state index in [1.54, 1.807) is 0 Å². The van der Waals surface area contributed by atoms with Crippen LogP contribution in [0.15, 0.2) is 48.5 Å². The summed E-state index contributed by atoms with van der Waals surface area (Å²) in [5.74, 6) is 0.0978. The quantitative estimate of drug-likeness (QED) is 0.881. The normalized spacial score (nSPS) is 19.0. The smallest absolute Gasteiger partial charge is 0.225 e. The van der Waals surface area contributed by atoms with Gasteiger partial charge >= 0.3 is 0 Å². The Morgan fingerprint density at radius 3 is 2.80 bits per heavy atom. The molecule has 0 aromatic heterocycles. The maximum absolute atomic E-state index is 12.1. The maximum atomic E-state index is 12.1. The number of carbonyl (C=O) groups is 1. The van der Waals surface area contributed by atoms with Crippen molar-refractivity contribution in [3.63, 3.8) is 0 Å². The standard InChI is InChI=1S/C21H25N3O/c25-21(14-19-5-3-12-22-19)23-18-9-7-16(8-10-18)15-24-13-11-17-4-1-2-6-20(17)24/h1-2,4,6-10,19,22H,3,5,11-15H2,(H,23,25). The van der Waals surface area contributed by atoms with Gasteiger partial charge in [0.1, 0.15) is 0 Å². The summed E-state index contributed by atoms with van der Waals surface area (Å²) in [6, 6.07) is 17.2. The summed E-state index contributed by atoms with van der Waals surface area (Å²) in [6.07, 6.45) is 3.96. The summed E-state index contributed by atoms with van der Waals surface area (Å²) in [7, 11) is 0. The Labute approximate surface area is 149 Å². The summed E-state index contributed by atoms with van der Waals surface area (Å²) >= 11 is 0. The maximum Gasteiger partial charge on any atom is 0.225 e. The third-order valence-corrected chi connectivity index (χ3v) is 5.19. The van der Waals surface area contributed by atoms with Crippen LogP contribution in [-0.2, 0) is 17.8 Å². The van der Waals surface area contributed by atoms with Gasteiger partial charge in [0.15, 0.2) is 0 Å². The molecule has 1 atom stereocenters. The molecule has 0 radical (unpaired) electrons. The van der Waals surface area contributed by atoms with Gasteiger partial charge in [-0.25, -0.2) is 0 Å². The fraction of sp³-hybridized carbons (Fsp3) is 0.381. The first-order chi connectivity index (χ1) is 12.3. The zero-order chi connectivity index (χ0) is 17.1. The average molecular weight is 335 g/mol. The van der Waals surface area contributed by atoms with Crippen LogP contribution in [0.2, 0.25) is 0 Å². The van der Waals surface area contributed by atoms with E-state index in [0.29, 0.717) is 12.5 Å². The zero-order valence-electron chi connectivity index (χ0n) is 14.5. The van der Waals surface area contributed by atoms with Crippen molar-refractivity contribution in [2.24, 2.45) is 0 Å². The fourth-order valence-corrected chi connectivity index (χ4v) is 3.85. The number of hydrogen-bond acceptors (Lipinski definition) is 3. The van der Waals surface area contributed by atoms with Crippen molar-refractivity contribution in [2.75, 3.05) is 23.3 Å². The topological polar surface area (TPSA) is 44.4 Å². The van der Waals surface area contributed by atoms with Gasteiger partial charge in [-0.15, -0.1) is 0 Å². The molecule has 4 heteroatoms. The first kappa shape index (κ1) is 16.2. The third kappa shape index (κ3) is 3.85. The molecule has 4 nitrogen and oxygen atoms in total. The van der Waals surface area contributed by atoms with Crippen molar-refractivity contribution < 1.29 is 4.79 Å². The van der Waals surface area contributed by atoms with Gasteiger partial charge in [-0.1, -0.05) is 30.3 Å². The predicted molar refractivity (Wildman–Crippen MR) is 102 cm³/mol. The Balaban J connectivity index is 1.33. The van der Waals surface area contributed by atoms with E-state index < -0.39 is 0 Å². The first-order valence-electron chi connectivity index (χ1n) is 9.23. The molecule has 0 saturated carbocycles. The van der Waals surface area contributed by atoms with Gasteiger partial charge in [-0.05, 0) is 55.1 Å². The van der Waals surface area contributed by atoms with Crippen LogP contribution in [0.1, 0.15) is 30.4 Å². The van der Waals surface area contributed by atoms with Crippen LogP contribution in [0.4, 0.5) is 11.4 Å². The Morgan fingerprint density at radius 2 is 2.00 bits per heavy atom. The molecular formula is C21H25N3O. The molecule has 25 heavy (non-hydrogen) atoms. The van der Waals surface area contributed by atoms with Crippen LogP contribution >= 0.6 is 0 Å². The van der Waals surface area contributed by atoms with E-state index in [9.17, 15) is 4.79 Å². The van der Waals surface area contributed by atoms with Crippen LogP contribution in [-0.4, -0.2) is 25.0 Å². The molecule has 2 N–H and O–H groups in total. The van der Waals surface area contributed by atoms with Crippen LogP contribution in [0, 0.1) is 0 Å². The van der Waals surface area contributed by atoms with Crippen molar-refractivity contribution in [3.8, 4) is 0 Å². The molecule has 0 bridgehead atoms. The Bertz CT molecular complexity index is 735. The van der Waals surface area contributed by atoms with E-state index in [1.165, 1.54) is 23.2 Å². The molecule has 0 spiro atoms. The highest BCUT2D eigenvalue weighted by atomic mass is 16.1. The number of para-hydroxylation sites is 1. The molecule has 1 fully saturated rings. The number of carbonyl (C=O) groups excluding carboxylic acids is 1. The van der Waals surface area contributed by atoms with Crippen molar-refractivity contribution in [1.82, 2.24) is 5.32 Å². The van der Waals surface area contributed by atoms with Gasteiger partial charge < -0.3 is 15.5 Å². The molecule has 0 aliphatic carbocycles. The molecule has 1 amide bonds. The second-order valence-electron chi connectivity index (χ2n) is 7.04. The van der Waals surface area contributed by atoms with Crippen molar-refractivity contribution in [1.29, 1.82) is 0 Å². The van der Waals surface area contributed by atoms with Crippen LogP contribution in [0.25, 0.3) is 0 Å². The van der Waals surface area contributed by atoms with E-state index in [2.05, 4.69) is 51.9 Å². The highest BCUT2D eigenvalue weighted by Crippen LogP contribution is 2.29. The second-order valence-corrected chi connectivity index (χ2v) is 7.04. The molecule has 1 unspecified atom stereocenters. The van der Waals surface area contributed by atoms with Crippen LogP contribution in [0.3, 0.4) is 0 Å². The SMILES string of the molecule is O=C(CC1CCCN1)Nc1ccc(CN2CCc3ccccc32)cc1. The van der Waals surface area contributed by atoms with Crippen molar-refractivity contribution >= 4 is 17.3 Å². The summed E-state index contributed by atoms with van der Waals surface area (Å²) in [5.41, 5.74) is 4.94. The Kier molecular flexibility index (Phi) is 4.70. The number of nitrogens with zero attached hydrogens (tertiary/aromatic N) is 1. The average Bonchev–Trinajstić information content (AvgIpc) is 3.27. The minimum atomic E-state index is 0.0978. The van der Waals surface area contributed by atoms with Crippen molar-refractivity contribution in [3.05, 3.63) is 59.7 Å². The molecule has 130 valence electrons. The molecule has 2 heterocycles. The fourth-order valence-electron chi connectivity index (χ4n) is 3.85. The zero-order valence-corrected chi connectivity index (χ0v) is 14.5. The molecule has 2 aromatic carbocycles. The Hall–Kier alpha value is -2.33. The Morgan fingerprint density at radius 1 is 1.16 bits per heavy atom. The third-order valence-electron chi connectivity index (χ3n) is 5.19. The molecular weight excluding hydrogens is 310 g/mol. The van der Waals surface area contributed by atoms with E-state index in [-0.39, 0.29) is 5.91 Å². The summed E-state index contributed by atoms with van der Waals surface area (Å²) in [6.45, 7) is 3.02. The molecule has 1 saturated heterocycles. The van der Waals surface area contributed by atoms with Crippen molar-refractivity contribution in [2.45, 2.75) is 38.3 Å². The van der Waals surface area contributed by atoms with E-state index in [1.807, 2.05) is 12.1 Å². The number of rotatable bonds is 5. The van der Waals surface area contributed by atoms with Gasteiger partial charge in [-0.3, -0.25) is 4.79 Å². The number of benzene rings is 2. The number of hydrogen-bond donors (Lipinski definition) is 2. The summed E-state index contributed by atoms with van der Waals surface area (Å²) in [5, 5.41) is 6.38. The minimum Gasteiger partial charge on any atom is -0.367 e.